The monoisotopic (exact) mass is 718 g/mol. The van der Waals surface area contributed by atoms with Crippen molar-refractivity contribution in [3.63, 3.8) is 0 Å². The fourth-order valence-corrected chi connectivity index (χ4v) is 12.2. The molecule has 3 atom stereocenters. The van der Waals surface area contributed by atoms with E-state index < -0.39 is 20.8 Å². The number of halogens is 1. The molecule has 0 amide bonds. The van der Waals surface area contributed by atoms with E-state index >= 15 is 0 Å². The molecule has 2 aliphatic rings. The molecule has 1 fully saturated rings. The quantitative estimate of drug-likeness (QED) is 0.223. The van der Waals surface area contributed by atoms with Gasteiger partial charge in [0.15, 0.2) is 7.14 Å². The highest BCUT2D eigenvalue weighted by Gasteiger charge is 2.61. The van der Waals surface area contributed by atoms with Crippen LogP contribution in [-0.4, -0.2) is 18.2 Å². The van der Waals surface area contributed by atoms with Gasteiger partial charge >= 0.3 is 21.2 Å². The van der Waals surface area contributed by atoms with Crippen molar-refractivity contribution in [2.75, 3.05) is 0 Å². The SMILES string of the molecule is CC(C)(C)c1cccc([I+]c2cccc(C(C)(C)C)c2C(C)(C)C)c1C(C)(C)C.CC1(C)C2C#CC1(C)C(S(=O)(=O)[O-])C2. The van der Waals surface area contributed by atoms with Crippen molar-refractivity contribution in [3.8, 4) is 11.8 Å². The standard InChI is InChI=1S/C28H42I.C10H14O3S/c1-25(2,3)19-15-13-17-21(23(19)27(7,8)9)29-22-18-14-16-20(26(4,5)6)24(22)28(10,11)12;1-9(2)7-4-5-10(9,3)8(6-7)14(11,12)13/h13-18H,1-12H3;7-8H,6H2,1-3H3,(H,11,12,13)/q+1;/p-1. The van der Waals surface area contributed by atoms with Gasteiger partial charge in [-0.15, -0.1) is 0 Å². The molecule has 0 saturated heterocycles. The molecular formula is C38H55IO3S. The van der Waals surface area contributed by atoms with E-state index in [1.807, 2.05) is 13.8 Å². The molecule has 4 rings (SSSR count). The highest BCUT2D eigenvalue weighted by molar-refractivity contribution is 7.86. The van der Waals surface area contributed by atoms with Crippen LogP contribution in [0, 0.1) is 35.7 Å². The van der Waals surface area contributed by atoms with Gasteiger partial charge in [-0.25, -0.2) is 8.42 Å². The Morgan fingerprint density at radius 2 is 1.12 bits per heavy atom. The Hall–Kier alpha value is -1.36. The number of benzene rings is 2. The van der Waals surface area contributed by atoms with Crippen molar-refractivity contribution in [3.05, 3.63) is 65.8 Å². The summed E-state index contributed by atoms with van der Waals surface area (Å²) in [5, 5.41) is -0.823. The Kier molecular flexibility index (Phi) is 9.63. The van der Waals surface area contributed by atoms with Gasteiger partial charge in [0.25, 0.3) is 0 Å². The predicted molar refractivity (Wildman–Crippen MR) is 176 cm³/mol. The van der Waals surface area contributed by atoms with Gasteiger partial charge < -0.3 is 4.55 Å². The largest absolute Gasteiger partial charge is 0.748 e. The van der Waals surface area contributed by atoms with Gasteiger partial charge in [-0.2, -0.15) is 0 Å². The third-order valence-corrected chi connectivity index (χ3v) is 13.8. The fraction of sp³-hybridized carbons (Fsp3) is 0.632. The molecule has 3 unspecified atom stereocenters. The lowest BCUT2D eigenvalue weighted by Crippen LogP contribution is -3.62. The molecule has 0 heterocycles. The normalized spacial score (nSPS) is 23.3. The highest BCUT2D eigenvalue weighted by atomic mass is 127. The van der Waals surface area contributed by atoms with Crippen LogP contribution in [0.2, 0.25) is 0 Å². The second kappa shape index (κ2) is 11.5. The van der Waals surface area contributed by atoms with Crippen molar-refractivity contribution in [2.45, 2.75) is 137 Å². The lowest BCUT2D eigenvalue weighted by Gasteiger charge is -2.37. The third-order valence-electron chi connectivity index (χ3n) is 9.50. The van der Waals surface area contributed by atoms with Crippen molar-refractivity contribution in [2.24, 2.45) is 16.7 Å². The lowest BCUT2D eigenvalue weighted by atomic mass is 9.70. The van der Waals surface area contributed by atoms with Gasteiger partial charge in [0.2, 0.25) is 0 Å². The molecule has 238 valence electrons. The summed E-state index contributed by atoms with van der Waals surface area (Å²) in [6.45, 7) is 34.1. The van der Waals surface area contributed by atoms with E-state index in [1.54, 1.807) is 25.2 Å². The fourth-order valence-electron chi connectivity index (χ4n) is 6.74. The van der Waals surface area contributed by atoms with Gasteiger partial charge in [0.1, 0.15) is 0 Å². The average Bonchev–Trinajstić information content (AvgIpc) is 3.15. The molecule has 43 heavy (non-hydrogen) atoms. The van der Waals surface area contributed by atoms with Crippen molar-refractivity contribution in [1.29, 1.82) is 0 Å². The van der Waals surface area contributed by atoms with E-state index in [0.29, 0.717) is 6.42 Å². The van der Waals surface area contributed by atoms with Gasteiger partial charge in [-0.05, 0) is 63.7 Å². The zero-order valence-electron chi connectivity index (χ0n) is 29.3. The lowest BCUT2D eigenvalue weighted by molar-refractivity contribution is -0.599. The second-order valence-corrected chi connectivity index (χ2v) is 21.8. The van der Waals surface area contributed by atoms with E-state index in [0.717, 1.165) is 0 Å². The third kappa shape index (κ3) is 7.23. The number of rotatable bonds is 3. The van der Waals surface area contributed by atoms with Crippen LogP contribution in [0.5, 0.6) is 0 Å². The Morgan fingerprint density at radius 1 is 0.721 bits per heavy atom. The zero-order valence-corrected chi connectivity index (χ0v) is 32.3. The van der Waals surface area contributed by atoms with E-state index in [1.165, 1.54) is 11.1 Å². The predicted octanol–water partition coefficient (Wildman–Crippen LogP) is 5.97. The van der Waals surface area contributed by atoms with Crippen LogP contribution in [0.25, 0.3) is 0 Å². The first-order valence-electron chi connectivity index (χ1n) is 15.5. The van der Waals surface area contributed by atoms with Gasteiger partial charge in [0, 0.05) is 17.0 Å². The Labute approximate surface area is 274 Å². The average molecular weight is 719 g/mol. The summed E-state index contributed by atoms with van der Waals surface area (Å²) >= 11 is -0.277. The molecule has 0 aliphatic heterocycles. The molecular weight excluding hydrogens is 663 g/mol. The van der Waals surface area contributed by atoms with Crippen molar-refractivity contribution >= 4 is 10.1 Å². The molecule has 2 aliphatic carbocycles. The summed E-state index contributed by atoms with van der Waals surface area (Å²) < 4.78 is 36.4. The minimum Gasteiger partial charge on any atom is -0.748 e. The number of hydrogen-bond donors (Lipinski definition) is 0. The van der Waals surface area contributed by atoms with Crippen LogP contribution in [0.3, 0.4) is 0 Å². The summed E-state index contributed by atoms with van der Waals surface area (Å²) in [5.74, 6) is 6.04. The van der Waals surface area contributed by atoms with Crippen LogP contribution in [0.1, 0.15) is 133 Å². The molecule has 0 spiro atoms. The molecule has 2 aromatic carbocycles. The van der Waals surface area contributed by atoms with E-state index in [-0.39, 0.29) is 54.2 Å². The minimum absolute atomic E-state index is 0.0567. The summed E-state index contributed by atoms with van der Waals surface area (Å²) in [6, 6.07) is 14.1. The van der Waals surface area contributed by atoms with Crippen molar-refractivity contribution in [1.82, 2.24) is 0 Å². The van der Waals surface area contributed by atoms with Gasteiger partial charge in [-0.3, -0.25) is 0 Å². The van der Waals surface area contributed by atoms with Gasteiger partial charge in [-0.1, -0.05) is 133 Å². The molecule has 1 saturated carbocycles. The molecule has 2 bridgehead atoms. The van der Waals surface area contributed by atoms with Crippen LogP contribution in [-0.2, 0) is 31.8 Å². The first kappa shape index (κ1) is 36.1. The molecule has 3 nitrogen and oxygen atoms in total. The maximum Gasteiger partial charge on any atom is 0.358 e. The van der Waals surface area contributed by atoms with Gasteiger partial charge in [0.05, 0.1) is 20.8 Å². The molecule has 5 heteroatoms. The number of fused-ring (bicyclic) bond motifs is 2. The topological polar surface area (TPSA) is 57.2 Å². The Bertz CT molecular complexity index is 1450. The van der Waals surface area contributed by atoms with Crippen LogP contribution in [0.4, 0.5) is 0 Å². The second-order valence-electron chi connectivity index (χ2n) is 17.4. The molecule has 2 aromatic rings. The van der Waals surface area contributed by atoms with E-state index in [4.69, 9.17) is 0 Å². The highest BCUT2D eigenvalue weighted by Crippen LogP contribution is 2.60. The summed E-state index contributed by atoms with van der Waals surface area (Å²) in [5.41, 5.74) is 5.88. The first-order valence-corrected chi connectivity index (χ1v) is 19.2. The maximum absolute atomic E-state index is 11.1. The van der Waals surface area contributed by atoms with Crippen LogP contribution >= 0.6 is 0 Å². The smallest absolute Gasteiger partial charge is 0.358 e. The minimum atomic E-state index is -4.22. The molecule has 0 radical (unpaired) electrons. The molecule has 0 N–H and O–H groups in total. The Morgan fingerprint density at radius 3 is 1.35 bits per heavy atom. The van der Waals surface area contributed by atoms with E-state index in [9.17, 15) is 13.0 Å². The maximum atomic E-state index is 11.1. The number of hydrogen-bond acceptors (Lipinski definition) is 3. The summed E-state index contributed by atoms with van der Waals surface area (Å²) in [6.07, 6.45) is 0.405. The van der Waals surface area contributed by atoms with Crippen molar-refractivity contribution < 1.29 is 34.2 Å². The molecule has 0 aromatic heterocycles. The van der Waals surface area contributed by atoms with Crippen LogP contribution < -0.4 is 21.2 Å². The zero-order chi connectivity index (χ0) is 33.2. The first-order chi connectivity index (χ1) is 19.1. The Balaban J connectivity index is 0.000000299. The summed E-state index contributed by atoms with van der Waals surface area (Å²) in [4.78, 5) is 0. The summed E-state index contributed by atoms with van der Waals surface area (Å²) in [7, 11) is -4.22. The van der Waals surface area contributed by atoms with E-state index in [2.05, 4.69) is 131 Å². The van der Waals surface area contributed by atoms with Crippen LogP contribution in [0.15, 0.2) is 36.4 Å².